The highest BCUT2D eigenvalue weighted by Gasteiger charge is 2.21. The molecule has 0 aliphatic heterocycles. The summed E-state index contributed by atoms with van der Waals surface area (Å²) in [5.41, 5.74) is 2.03. The van der Waals surface area contributed by atoms with Crippen LogP contribution < -0.4 is 10.6 Å². The molecule has 26 heavy (non-hydrogen) atoms. The van der Waals surface area contributed by atoms with E-state index in [9.17, 15) is 4.79 Å². The van der Waals surface area contributed by atoms with E-state index in [0.717, 1.165) is 23.8 Å². The van der Waals surface area contributed by atoms with Crippen LogP contribution in [0.1, 0.15) is 45.2 Å². The lowest BCUT2D eigenvalue weighted by molar-refractivity contribution is -0.116. The number of hydrogen-bond donors (Lipinski definition) is 2. The maximum atomic E-state index is 12.5. The molecule has 1 fully saturated rings. The zero-order valence-corrected chi connectivity index (χ0v) is 15.7. The van der Waals surface area contributed by atoms with Crippen molar-refractivity contribution >= 4 is 17.4 Å². The smallest absolute Gasteiger partial charge is 0.247 e. The van der Waals surface area contributed by atoms with E-state index in [0.29, 0.717) is 12.4 Å². The van der Waals surface area contributed by atoms with Crippen LogP contribution in [0.25, 0.3) is 0 Å². The second-order valence-electron chi connectivity index (χ2n) is 7.27. The monoisotopic (exact) mass is 356 g/mol. The zero-order valence-electron chi connectivity index (χ0n) is 15.7. The van der Waals surface area contributed by atoms with E-state index in [1.807, 2.05) is 51.1 Å². The summed E-state index contributed by atoms with van der Waals surface area (Å²) in [6.07, 6.45) is 4.28. The quantitative estimate of drug-likeness (QED) is 0.716. The summed E-state index contributed by atoms with van der Waals surface area (Å²) in [5, 5.41) is 10.4. The van der Waals surface area contributed by atoms with Crippen LogP contribution in [0.5, 0.6) is 0 Å². The summed E-state index contributed by atoms with van der Waals surface area (Å²) in [5.74, 6) is 1.38. The van der Waals surface area contributed by atoms with Gasteiger partial charge in [-0.2, -0.15) is 5.10 Å². The van der Waals surface area contributed by atoms with Gasteiger partial charge in [-0.05, 0) is 57.2 Å². The molecule has 1 atom stereocenters. The van der Waals surface area contributed by atoms with Gasteiger partial charge in [-0.1, -0.05) is 12.1 Å². The van der Waals surface area contributed by atoms with Crippen LogP contribution in [0.2, 0.25) is 0 Å². The average molecular weight is 356 g/mol. The average Bonchev–Trinajstić information content (AvgIpc) is 3.31. The first-order chi connectivity index (χ1) is 12.5. The lowest BCUT2D eigenvalue weighted by atomic mass is 10.2. The van der Waals surface area contributed by atoms with Crippen molar-refractivity contribution in [3.63, 3.8) is 0 Å². The fourth-order valence-corrected chi connectivity index (χ4v) is 2.75. The molecule has 1 aromatic carbocycles. The Morgan fingerprint density at radius 1 is 1.31 bits per heavy atom. The van der Waals surface area contributed by atoms with E-state index < -0.39 is 0 Å². The van der Waals surface area contributed by atoms with Crippen molar-refractivity contribution in [1.82, 2.24) is 9.78 Å². The molecule has 6 heteroatoms. The van der Waals surface area contributed by atoms with Gasteiger partial charge in [0.05, 0.1) is 12.8 Å². The Labute approximate surface area is 154 Å². The Morgan fingerprint density at radius 2 is 2.12 bits per heavy atom. The van der Waals surface area contributed by atoms with E-state index in [1.54, 1.807) is 10.9 Å². The number of amides is 1. The molecule has 1 aliphatic rings. The largest absolute Gasteiger partial charge is 0.376 e. The molecule has 140 valence electrons. The number of nitrogens with one attached hydrogen (secondary N) is 2. The Hall–Kier alpha value is -2.34. The first-order valence-electron chi connectivity index (χ1n) is 9.30. The minimum absolute atomic E-state index is 0.0946. The van der Waals surface area contributed by atoms with Gasteiger partial charge in [0.1, 0.15) is 11.9 Å². The minimum atomic E-state index is -0.367. The van der Waals surface area contributed by atoms with E-state index in [4.69, 9.17) is 4.74 Å². The van der Waals surface area contributed by atoms with Crippen molar-refractivity contribution in [3.8, 4) is 0 Å². The van der Waals surface area contributed by atoms with Crippen molar-refractivity contribution in [2.24, 2.45) is 5.92 Å². The van der Waals surface area contributed by atoms with Crippen LogP contribution in [0.3, 0.4) is 0 Å². The Morgan fingerprint density at radius 3 is 2.85 bits per heavy atom. The topological polar surface area (TPSA) is 68.2 Å². The number of ether oxygens (including phenoxy) is 1. The molecule has 2 N–H and O–H groups in total. The highest BCUT2D eigenvalue weighted by Crippen LogP contribution is 2.29. The van der Waals surface area contributed by atoms with Gasteiger partial charge in [0, 0.05) is 24.4 Å². The van der Waals surface area contributed by atoms with Crippen molar-refractivity contribution < 1.29 is 9.53 Å². The molecule has 1 aliphatic carbocycles. The van der Waals surface area contributed by atoms with Crippen molar-refractivity contribution in [2.75, 3.05) is 17.2 Å². The van der Waals surface area contributed by atoms with Crippen molar-refractivity contribution in [2.45, 2.75) is 52.3 Å². The van der Waals surface area contributed by atoms with Gasteiger partial charge in [0.2, 0.25) is 5.91 Å². The van der Waals surface area contributed by atoms with Gasteiger partial charge in [-0.25, -0.2) is 4.68 Å². The normalized spacial score (nSPS) is 15.1. The van der Waals surface area contributed by atoms with Gasteiger partial charge >= 0.3 is 0 Å². The fraction of sp³-hybridized carbons (Fsp3) is 0.500. The van der Waals surface area contributed by atoms with Crippen LogP contribution in [-0.2, 0) is 16.1 Å². The number of benzene rings is 1. The molecule has 0 bridgehead atoms. The van der Waals surface area contributed by atoms with Crippen LogP contribution >= 0.6 is 0 Å². The Bertz CT molecular complexity index is 737. The molecular weight excluding hydrogens is 328 g/mol. The summed E-state index contributed by atoms with van der Waals surface area (Å²) >= 11 is 0. The van der Waals surface area contributed by atoms with E-state index in [1.165, 1.54) is 12.8 Å². The molecule has 2 aromatic rings. The predicted octanol–water partition coefficient (Wildman–Crippen LogP) is 3.83. The lowest BCUT2D eigenvalue weighted by Crippen LogP contribution is -2.32. The third-order valence-corrected chi connectivity index (χ3v) is 4.43. The summed E-state index contributed by atoms with van der Waals surface area (Å²) in [6.45, 7) is 7.37. The van der Waals surface area contributed by atoms with E-state index >= 15 is 0 Å². The second-order valence-corrected chi connectivity index (χ2v) is 7.27. The Kier molecular flexibility index (Phi) is 5.93. The van der Waals surface area contributed by atoms with Crippen molar-refractivity contribution in [3.05, 3.63) is 42.1 Å². The molecule has 1 amide bonds. The molecular formula is C20H28N4O2. The molecule has 0 radical (unpaired) electrons. The predicted molar refractivity (Wildman–Crippen MR) is 103 cm³/mol. The second kappa shape index (κ2) is 8.36. The number of anilines is 2. The maximum Gasteiger partial charge on any atom is 0.247 e. The first-order valence-corrected chi connectivity index (χ1v) is 9.30. The molecule has 1 heterocycles. The number of carbonyl (C=O) groups is 1. The van der Waals surface area contributed by atoms with E-state index in [2.05, 4.69) is 15.7 Å². The number of hydrogen-bond acceptors (Lipinski definition) is 4. The fourth-order valence-electron chi connectivity index (χ4n) is 2.75. The lowest BCUT2D eigenvalue weighted by Gasteiger charge is -2.17. The molecule has 6 nitrogen and oxygen atoms in total. The van der Waals surface area contributed by atoms with Crippen LogP contribution in [0.15, 0.2) is 36.5 Å². The van der Waals surface area contributed by atoms with Crippen LogP contribution in [-0.4, -0.2) is 28.3 Å². The van der Waals surface area contributed by atoms with Gasteiger partial charge in [0.25, 0.3) is 0 Å². The molecule has 1 saturated carbocycles. The highest BCUT2D eigenvalue weighted by atomic mass is 16.5. The van der Waals surface area contributed by atoms with Gasteiger partial charge < -0.3 is 15.4 Å². The molecule has 1 unspecified atom stereocenters. The molecule has 0 spiro atoms. The summed E-state index contributed by atoms with van der Waals surface area (Å²) in [4.78, 5) is 12.5. The molecule has 0 saturated heterocycles. The zero-order chi connectivity index (χ0) is 18.5. The minimum Gasteiger partial charge on any atom is -0.376 e. The summed E-state index contributed by atoms with van der Waals surface area (Å²) in [7, 11) is 0. The standard InChI is InChI=1S/C20H28N4O2/c1-14(2)24-19(9-10-21-24)23-20(25)15(3)22-18-6-4-5-17(11-18)13-26-12-16-7-8-16/h4-6,9-11,14-16,22H,7-8,12-13H2,1-3H3,(H,23,25). The number of rotatable bonds is 9. The number of aromatic nitrogens is 2. The third-order valence-electron chi connectivity index (χ3n) is 4.43. The van der Waals surface area contributed by atoms with Gasteiger partial charge in [-0.15, -0.1) is 0 Å². The van der Waals surface area contributed by atoms with Crippen molar-refractivity contribution in [1.29, 1.82) is 0 Å². The maximum absolute atomic E-state index is 12.5. The third kappa shape index (κ3) is 5.08. The summed E-state index contributed by atoms with van der Waals surface area (Å²) in [6, 6.07) is 9.66. The van der Waals surface area contributed by atoms with Crippen LogP contribution in [0, 0.1) is 5.92 Å². The highest BCUT2D eigenvalue weighted by molar-refractivity contribution is 5.95. The SMILES string of the molecule is CC(Nc1cccc(COCC2CC2)c1)C(=O)Nc1ccnn1C(C)C. The number of nitrogens with zero attached hydrogens (tertiary/aromatic N) is 2. The molecule has 3 rings (SSSR count). The Balaban J connectivity index is 1.53. The van der Waals surface area contributed by atoms with E-state index in [-0.39, 0.29) is 18.0 Å². The van der Waals surface area contributed by atoms with Gasteiger partial charge in [0.15, 0.2) is 0 Å². The molecule has 1 aromatic heterocycles. The summed E-state index contributed by atoms with van der Waals surface area (Å²) < 4.78 is 7.53. The van der Waals surface area contributed by atoms with Gasteiger partial charge in [-0.3, -0.25) is 4.79 Å². The van der Waals surface area contributed by atoms with Crippen LogP contribution in [0.4, 0.5) is 11.5 Å². The first kappa shape index (κ1) is 18.5. The number of carbonyl (C=O) groups excluding carboxylic acids is 1.